The highest BCUT2D eigenvalue weighted by Gasteiger charge is 2.39. The predicted molar refractivity (Wildman–Crippen MR) is 87.4 cm³/mol. The third kappa shape index (κ3) is 3.92. The molecule has 0 aliphatic carbocycles. The molecule has 2 rings (SSSR count). The van der Waals surface area contributed by atoms with E-state index >= 15 is 0 Å². The Labute approximate surface area is 160 Å². The lowest BCUT2D eigenvalue weighted by atomic mass is 10.1. The molecule has 0 spiro atoms. The number of primary sulfonamides is 1. The molecule has 0 bridgehead atoms. The number of likely N-dealkylation sites (N-methyl/N-ethyl adjacent to an activating group) is 1. The van der Waals surface area contributed by atoms with Crippen molar-refractivity contribution in [3.63, 3.8) is 0 Å². The van der Waals surface area contributed by atoms with Crippen molar-refractivity contribution in [2.24, 2.45) is 5.14 Å². The number of nitrogens with one attached hydrogen (secondary N) is 1. The number of methoxy groups -OCH3 is 1. The van der Waals surface area contributed by atoms with Crippen LogP contribution >= 0.6 is 11.3 Å². The van der Waals surface area contributed by atoms with E-state index in [1.165, 1.54) is 0 Å². The topological polar surface area (TPSA) is 119 Å². The SMILES string of the molecule is [2H]c1c(S(N)(=O)=O)sc2c1[C@@]([2H])(NC([2H])([2H])C([2H])([2H])[2H])C([2H])([2H])N(CCC([2H])([2H])OC([2H])([2H])[2H])S2(=O)=O. The lowest BCUT2D eigenvalue weighted by Crippen LogP contribution is -2.43. The Morgan fingerprint density at radius 1 is 1.78 bits per heavy atom. The Morgan fingerprint density at radius 3 is 3.22 bits per heavy atom. The molecule has 1 aromatic rings. The highest BCUT2D eigenvalue weighted by atomic mass is 32.3. The number of nitrogens with zero attached hydrogens (tertiary/aromatic N) is 1. The Morgan fingerprint density at radius 2 is 2.57 bits per heavy atom. The van der Waals surface area contributed by atoms with Gasteiger partial charge >= 0.3 is 0 Å². The first-order valence-corrected chi connectivity index (χ1v) is 9.51. The second-order valence-corrected chi connectivity index (χ2v) is 8.87. The van der Waals surface area contributed by atoms with Gasteiger partial charge in [0, 0.05) is 47.8 Å². The molecule has 2 heterocycles. The van der Waals surface area contributed by atoms with E-state index in [4.69, 9.17) is 24.3 Å². The fourth-order valence-electron chi connectivity index (χ4n) is 1.66. The Bertz CT molecular complexity index is 1270. The number of rotatable bonds is 7. The zero-order valence-electron chi connectivity index (χ0n) is 25.2. The largest absolute Gasteiger partial charge is 0.385 e. The number of hydrogen-bond acceptors (Lipinski definition) is 7. The van der Waals surface area contributed by atoms with Crippen LogP contribution in [0.15, 0.2) is 14.5 Å². The van der Waals surface area contributed by atoms with E-state index in [0.29, 0.717) is 0 Å². The zero-order chi connectivity index (χ0) is 29.4. The number of sulfonamides is 2. The van der Waals surface area contributed by atoms with Crippen LogP contribution in [-0.4, -0.2) is 54.3 Å². The molecule has 0 aromatic carbocycles. The minimum Gasteiger partial charge on any atom is -0.385 e. The van der Waals surface area contributed by atoms with Gasteiger partial charge in [-0.2, -0.15) is 4.31 Å². The maximum Gasteiger partial charge on any atom is 0.252 e. The van der Waals surface area contributed by atoms with Crippen LogP contribution in [0.4, 0.5) is 0 Å². The van der Waals surface area contributed by atoms with E-state index in [1.54, 1.807) is 5.32 Å². The maximum absolute atomic E-state index is 13.4. The van der Waals surface area contributed by atoms with Crippen molar-refractivity contribution in [1.29, 1.82) is 0 Å². The molecule has 3 N–H and O–H groups in total. The number of thiophene rings is 1. The van der Waals surface area contributed by atoms with Crippen LogP contribution < -0.4 is 10.5 Å². The van der Waals surface area contributed by atoms with Crippen molar-refractivity contribution < 1.29 is 40.8 Å². The number of ether oxygens (including phenoxy) is 1. The second-order valence-electron chi connectivity index (χ2n) is 4.03. The summed E-state index contributed by atoms with van der Waals surface area (Å²) in [6.45, 7) is -15.2. The van der Waals surface area contributed by atoms with Crippen molar-refractivity contribution in [3.05, 3.63) is 11.6 Å². The van der Waals surface area contributed by atoms with Gasteiger partial charge in [-0.3, -0.25) is 0 Å². The molecule has 0 saturated heterocycles. The van der Waals surface area contributed by atoms with Gasteiger partial charge in [-0.05, 0) is 19.0 Å². The molecule has 0 fully saturated rings. The molecule has 23 heavy (non-hydrogen) atoms. The van der Waals surface area contributed by atoms with Crippen LogP contribution in [0.1, 0.15) is 44.0 Å². The molecular weight excluding hydrogens is 362 g/mol. The van der Waals surface area contributed by atoms with E-state index in [9.17, 15) is 16.8 Å². The summed E-state index contributed by atoms with van der Waals surface area (Å²) in [4.78, 5) is 0. The molecule has 1 aromatic heterocycles. The van der Waals surface area contributed by atoms with Gasteiger partial charge in [-0.25, -0.2) is 22.0 Å². The van der Waals surface area contributed by atoms with Crippen LogP contribution in [0.3, 0.4) is 0 Å². The van der Waals surface area contributed by atoms with Crippen LogP contribution in [0.25, 0.3) is 0 Å². The lowest BCUT2D eigenvalue weighted by molar-refractivity contribution is 0.185. The Balaban J connectivity index is 2.84. The molecule has 132 valence electrons. The molecule has 0 amide bonds. The van der Waals surface area contributed by atoms with E-state index in [0.717, 1.165) is 0 Å². The van der Waals surface area contributed by atoms with Crippen LogP contribution in [0, 0.1) is 0 Å². The average Bonchev–Trinajstić information content (AvgIpc) is 2.95. The number of fused-ring (bicyclic) bond motifs is 1. The molecule has 0 radical (unpaired) electrons. The smallest absolute Gasteiger partial charge is 0.252 e. The summed E-state index contributed by atoms with van der Waals surface area (Å²) in [7, 11) is -13.4. The molecule has 11 heteroatoms. The van der Waals surface area contributed by atoms with E-state index in [-0.39, 0.29) is 15.6 Å². The normalized spacial score (nSPS) is 38.0. The monoisotopic (exact) mass is 397 g/mol. The summed E-state index contributed by atoms with van der Waals surface area (Å²) in [6.07, 6.45) is -1.15. The van der Waals surface area contributed by atoms with E-state index < -0.39 is 92.5 Å². The van der Waals surface area contributed by atoms with Gasteiger partial charge in [0.15, 0.2) is 0 Å². The van der Waals surface area contributed by atoms with Crippen LogP contribution in [-0.2, 0) is 24.8 Å². The van der Waals surface area contributed by atoms with E-state index in [1.807, 2.05) is 0 Å². The standard InChI is InChI=1S/C12H21N3O5S3/c1-3-14-10-8-15(5-4-6-20-2)23(18,19)12-9(10)7-11(21-12)22(13,16)17/h7,10,14H,3-6,8H2,1-2H3,(H2,13,16,17)/t10-/m0/s1/i1D3,2D3,3D2,6D2,7D,8D2,10D. The first-order chi connectivity index (χ1) is 16.0. The average molecular weight is 398 g/mol. The first kappa shape index (κ1) is 7.36. The summed E-state index contributed by atoms with van der Waals surface area (Å²) in [5.74, 6) is 0. The highest BCUT2D eigenvalue weighted by Crippen LogP contribution is 2.39. The van der Waals surface area contributed by atoms with Gasteiger partial charge in [-0.1, -0.05) is 6.85 Å². The summed E-state index contributed by atoms with van der Waals surface area (Å²) in [5.41, 5.74) is -1.24. The second kappa shape index (κ2) is 7.13. The van der Waals surface area contributed by atoms with Crippen LogP contribution in [0.2, 0.25) is 0 Å². The zero-order valence-corrected chi connectivity index (χ0v) is 13.7. The predicted octanol–water partition coefficient (Wildman–Crippen LogP) is 0.0869. The van der Waals surface area contributed by atoms with Crippen LogP contribution in [0.5, 0.6) is 0 Å². The van der Waals surface area contributed by atoms with Crippen molar-refractivity contribution in [1.82, 2.24) is 9.62 Å². The quantitative estimate of drug-likeness (QED) is 0.673. The molecule has 1 atom stereocenters. The molecule has 8 nitrogen and oxygen atoms in total. The van der Waals surface area contributed by atoms with Gasteiger partial charge in [-0.15, -0.1) is 11.3 Å². The Kier molecular flexibility index (Phi) is 2.28. The van der Waals surface area contributed by atoms with Gasteiger partial charge in [0.05, 0.1) is 9.60 Å². The van der Waals surface area contributed by atoms with Gasteiger partial charge in [0.1, 0.15) is 8.42 Å². The molecule has 1 aliphatic rings. The van der Waals surface area contributed by atoms with Crippen molar-refractivity contribution >= 4 is 31.4 Å². The fraction of sp³-hybridized carbons (Fsp3) is 0.667. The lowest BCUT2D eigenvalue weighted by Gasteiger charge is -2.32. The minimum absolute atomic E-state index is 0.175. The van der Waals surface area contributed by atoms with Gasteiger partial charge < -0.3 is 10.1 Å². The molecular formula is C12H21N3O5S3. The minimum atomic E-state index is -5.23. The first-order valence-electron chi connectivity index (χ1n) is 12.7. The third-order valence-corrected chi connectivity index (χ3v) is 7.21. The summed E-state index contributed by atoms with van der Waals surface area (Å²) in [5, 5.41) is 6.57. The molecule has 0 saturated carbocycles. The summed E-state index contributed by atoms with van der Waals surface area (Å²) >= 11 is -0.175. The highest BCUT2D eigenvalue weighted by molar-refractivity contribution is 7.94. The number of nitrogens with two attached hydrogens (primary N) is 1. The maximum atomic E-state index is 13.4. The van der Waals surface area contributed by atoms with E-state index in [2.05, 4.69) is 4.74 Å². The molecule has 0 unspecified atom stereocenters. The number of hydrogen-bond donors (Lipinski definition) is 2. The Hall–Kier alpha value is -0.560. The summed E-state index contributed by atoms with van der Waals surface area (Å²) < 4.78 is 160. The van der Waals surface area contributed by atoms with Crippen molar-refractivity contribution in [3.8, 4) is 0 Å². The summed E-state index contributed by atoms with van der Waals surface area (Å²) in [6, 6.07) is -4.81. The fourth-order valence-corrected chi connectivity index (χ4v) is 5.45. The third-order valence-electron chi connectivity index (χ3n) is 2.56. The van der Waals surface area contributed by atoms with Crippen molar-refractivity contribution in [2.75, 3.05) is 33.1 Å². The molecule has 1 aliphatic heterocycles. The van der Waals surface area contributed by atoms with Crippen molar-refractivity contribution in [2.45, 2.75) is 27.7 Å². The van der Waals surface area contributed by atoms with Gasteiger partial charge in [0.2, 0.25) is 10.0 Å². The van der Waals surface area contributed by atoms with Gasteiger partial charge in [0.25, 0.3) is 10.0 Å².